The third-order valence-corrected chi connectivity index (χ3v) is 2.70. The second-order valence-electron chi connectivity index (χ2n) is 2.78. The Balaban J connectivity index is 0. The summed E-state index contributed by atoms with van der Waals surface area (Å²) in [6.45, 7) is 1.63. The molecule has 2 atom stereocenters. The maximum Gasteiger partial charge on any atom is 1.00 e. The van der Waals surface area contributed by atoms with Gasteiger partial charge in [0.15, 0.2) is 0 Å². The van der Waals surface area contributed by atoms with Crippen LogP contribution < -0.4 is 34.7 Å². The van der Waals surface area contributed by atoms with Crippen LogP contribution in [0.1, 0.15) is 6.92 Å². The predicted molar refractivity (Wildman–Crippen MR) is 56.3 cm³/mol. The number of hydrogen-bond acceptors (Lipinski definition) is 6. The zero-order valence-electron chi connectivity index (χ0n) is 9.06. The number of esters is 1. The van der Waals surface area contributed by atoms with Gasteiger partial charge in [0, 0.05) is 11.5 Å². The van der Waals surface area contributed by atoms with Crippen LogP contribution >= 0.6 is 24.4 Å². The van der Waals surface area contributed by atoms with Crippen molar-refractivity contribution in [3.63, 3.8) is 0 Å². The molecule has 4 nitrogen and oxygen atoms in total. The molecule has 0 amide bonds. The Morgan fingerprint density at radius 3 is 2.40 bits per heavy atom. The number of ether oxygens (including phenoxy) is 1. The smallest absolute Gasteiger partial charge is 0.546 e. The molecule has 0 fully saturated rings. The first-order valence-corrected chi connectivity index (χ1v) is 6.06. The molecule has 0 unspecified atom stereocenters. The minimum Gasteiger partial charge on any atom is -0.546 e. The van der Waals surface area contributed by atoms with E-state index in [0.717, 1.165) is 0 Å². The Hall–Kier alpha value is 0.640. The molecule has 0 aliphatic heterocycles. The van der Waals surface area contributed by atoms with Crippen molar-refractivity contribution >= 4 is 36.3 Å². The second kappa shape index (κ2) is 9.84. The number of carbonyl (C=O) groups is 2. The van der Waals surface area contributed by atoms with E-state index in [4.69, 9.17) is 4.74 Å². The Morgan fingerprint density at radius 1 is 1.53 bits per heavy atom. The van der Waals surface area contributed by atoms with E-state index in [9.17, 15) is 14.7 Å². The molecule has 0 aromatic rings. The Labute approximate surface area is 121 Å². The molecule has 0 rings (SSSR count). The van der Waals surface area contributed by atoms with Gasteiger partial charge >= 0.3 is 35.5 Å². The van der Waals surface area contributed by atoms with Gasteiger partial charge in [-0.05, 0) is 6.26 Å². The third kappa shape index (κ3) is 7.52. The molecule has 0 radical (unpaired) electrons. The topological polar surface area (TPSA) is 66.4 Å². The average Bonchev–Trinajstić information content (AvgIpc) is 2.15. The Morgan fingerprint density at radius 2 is 2.07 bits per heavy atom. The third-order valence-electron chi connectivity index (χ3n) is 1.52. The molecular weight excluding hydrogens is 247 g/mol. The van der Waals surface area contributed by atoms with Gasteiger partial charge in [-0.15, -0.1) is 0 Å². The number of thiol groups is 1. The summed E-state index contributed by atoms with van der Waals surface area (Å²) in [4.78, 5) is 21.7. The van der Waals surface area contributed by atoms with Crippen LogP contribution in [0.5, 0.6) is 0 Å². The predicted octanol–water partition coefficient (Wildman–Crippen LogP) is -3.42. The van der Waals surface area contributed by atoms with Crippen LogP contribution in [0.15, 0.2) is 0 Å². The summed E-state index contributed by atoms with van der Waals surface area (Å²) in [6, 6.07) is 0. The number of carbonyl (C=O) groups excluding carboxylic acids is 2. The van der Waals surface area contributed by atoms with E-state index in [1.807, 2.05) is 0 Å². The molecule has 0 aliphatic rings. The van der Waals surface area contributed by atoms with Gasteiger partial charge in [0.25, 0.3) is 0 Å². The first-order chi connectivity index (χ1) is 6.52. The van der Waals surface area contributed by atoms with Crippen LogP contribution in [0.2, 0.25) is 0 Å². The van der Waals surface area contributed by atoms with Crippen LogP contribution in [-0.2, 0) is 14.3 Å². The zero-order chi connectivity index (χ0) is 11.1. The first-order valence-electron chi connectivity index (χ1n) is 4.04. The normalized spacial score (nSPS) is 13.5. The van der Waals surface area contributed by atoms with Gasteiger partial charge in [-0.3, -0.25) is 4.79 Å². The fourth-order valence-electron chi connectivity index (χ4n) is 0.632. The molecule has 0 bridgehead atoms. The molecule has 7 heteroatoms. The molecular formula is C8H13NaO4S2. The SMILES string of the molecule is CSC[C@H](OC(=O)[C@H](C)CS)C(=O)[O-].[Na+]. The summed E-state index contributed by atoms with van der Waals surface area (Å²) >= 11 is 5.19. The molecule has 0 saturated carbocycles. The van der Waals surface area contributed by atoms with Crippen LogP contribution in [0.4, 0.5) is 0 Å². The number of rotatable bonds is 6. The van der Waals surface area contributed by atoms with Crippen LogP contribution in [-0.4, -0.2) is 35.8 Å². The van der Waals surface area contributed by atoms with Gasteiger partial charge in [-0.25, -0.2) is 0 Å². The first kappa shape index (κ1) is 18.0. The summed E-state index contributed by atoms with van der Waals surface area (Å²) in [5.41, 5.74) is 0. The largest absolute Gasteiger partial charge is 1.00 e. The van der Waals surface area contributed by atoms with Gasteiger partial charge in [-0.1, -0.05) is 6.92 Å². The van der Waals surface area contributed by atoms with Crippen molar-refractivity contribution in [2.24, 2.45) is 5.92 Å². The molecule has 0 saturated heterocycles. The molecule has 0 aliphatic carbocycles. The minimum absolute atomic E-state index is 0. The van der Waals surface area contributed by atoms with Crippen molar-refractivity contribution in [2.45, 2.75) is 13.0 Å². The number of aliphatic carboxylic acids is 1. The fraction of sp³-hybridized carbons (Fsp3) is 0.750. The molecule has 0 heterocycles. The summed E-state index contributed by atoms with van der Waals surface area (Å²) in [5, 5.41) is 10.5. The van der Waals surface area contributed by atoms with Crippen molar-refractivity contribution in [3.8, 4) is 0 Å². The summed E-state index contributed by atoms with van der Waals surface area (Å²) < 4.78 is 4.73. The average molecular weight is 260 g/mol. The van der Waals surface area contributed by atoms with Crippen molar-refractivity contribution in [1.82, 2.24) is 0 Å². The van der Waals surface area contributed by atoms with Crippen molar-refractivity contribution in [3.05, 3.63) is 0 Å². The summed E-state index contributed by atoms with van der Waals surface area (Å²) in [7, 11) is 0. The molecule has 0 aromatic carbocycles. The molecule has 0 N–H and O–H groups in total. The van der Waals surface area contributed by atoms with Crippen LogP contribution in [0.25, 0.3) is 0 Å². The Kier molecular flexibility index (Phi) is 11.8. The number of thioether (sulfide) groups is 1. The van der Waals surface area contributed by atoms with Gasteiger partial charge in [0.1, 0.15) is 6.10 Å². The molecule has 0 aromatic heterocycles. The van der Waals surface area contributed by atoms with Gasteiger partial charge < -0.3 is 14.6 Å². The number of carboxylic acid groups (broad SMARTS) is 1. The van der Waals surface area contributed by atoms with Gasteiger partial charge in [-0.2, -0.15) is 24.4 Å². The fourth-order valence-corrected chi connectivity index (χ4v) is 1.29. The summed E-state index contributed by atoms with van der Waals surface area (Å²) in [5.74, 6) is -1.78. The van der Waals surface area contributed by atoms with E-state index >= 15 is 0 Å². The van der Waals surface area contributed by atoms with Crippen molar-refractivity contribution in [2.75, 3.05) is 17.8 Å². The van der Waals surface area contributed by atoms with Crippen LogP contribution in [0, 0.1) is 5.92 Å². The standard InChI is InChI=1S/C8H14O4S2.Na/c1-5(3-13)8(11)12-6(4-14-2)7(9)10;/h5-6,13H,3-4H2,1-2H3,(H,9,10);/q;+1/p-1/t5-,6+;/m1./s1. The maximum absolute atomic E-state index is 11.2. The van der Waals surface area contributed by atoms with Gasteiger partial charge in [0.05, 0.1) is 11.9 Å². The quantitative estimate of drug-likeness (QED) is 0.306. The summed E-state index contributed by atoms with van der Waals surface area (Å²) in [6.07, 6.45) is 0.561. The van der Waals surface area contributed by atoms with Crippen molar-refractivity contribution < 1.29 is 49.0 Å². The Bertz CT molecular complexity index is 213. The number of carboxylic acids is 1. The van der Waals surface area contributed by atoms with Crippen molar-refractivity contribution in [1.29, 1.82) is 0 Å². The number of hydrogen-bond donors (Lipinski definition) is 1. The maximum atomic E-state index is 11.2. The van der Waals surface area contributed by atoms with E-state index in [1.54, 1.807) is 13.2 Å². The molecule has 15 heavy (non-hydrogen) atoms. The van der Waals surface area contributed by atoms with E-state index in [2.05, 4.69) is 12.6 Å². The van der Waals surface area contributed by atoms with Crippen LogP contribution in [0.3, 0.4) is 0 Å². The molecule has 0 spiro atoms. The van der Waals surface area contributed by atoms with E-state index < -0.39 is 24.0 Å². The second-order valence-corrected chi connectivity index (χ2v) is 4.06. The zero-order valence-corrected chi connectivity index (χ0v) is 12.8. The monoisotopic (exact) mass is 260 g/mol. The van der Waals surface area contributed by atoms with E-state index in [0.29, 0.717) is 5.75 Å². The minimum atomic E-state index is -1.36. The van der Waals surface area contributed by atoms with Gasteiger partial charge in [0.2, 0.25) is 0 Å². The van der Waals surface area contributed by atoms with E-state index in [-0.39, 0.29) is 35.3 Å². The van der Waals surface area contributed by atoms with E-state index in [1.165, 1.54) is 11.8 Å². The molecule has 82 valence electrons.